The van der Waals surface area contributed by atoms with Gasteiger partial charge in [-0.3, -0.25) is 0 Å². The molecule has 4 rings (SSSR count). The molecular formula is C17H13N3O4S. The molecule has 8 heteroatoms. The van der Waals surface area contributed by atoms with Gasteiger partial charge in [0, 0.05) is 26.9 Å². The molecule has 0 unspecified atom stereocenters. The summed E-state index contributed by atoms with van der Waals surface area (Å²) in [7, 11) is 0. The zero-order valence-electron chi connectivity index (χ0n) is 12.8. The molecule has 4 aromatic rings. The summed E-state index contributed by atoms with van der Waals surface area (Å²) in [6.07, 6.45) is 0. The van der Waals surface area contributed by atoms with Gasteiger partial charge in [0.1, 0.15) is 11.6 Å². The lowest BCUT2D eigenvalue weighted by atomic mass is 10.1. The second-order valence-electron chi connectivity index (χ2n) is 5.43. The second-order valence-corrected chi connectivity index (χ2v) is 6.21. The van der Waals surface area contributed by atoms with Gasteiger partial charge in [0.05, 0.1) is 23.1 Å². The number of nitrogens with two attached hydrogens (primary N) is 1. The predicted molar refractivity (Wildman–Crippen MR) is 95.8 cm³/mol. The minimum Gasteiger partial charge on any atom is -0.507 e. The van der Waals surface area contributed by atoms with E-state index in [1.54, 1.807) is 6.07 Å². The first-order valence-corrected chi connectivity index (χ1v) is 8.06. The number of benzene rings is 3. The summed E-state index contributed by atoms with van der Waals surface area (Å²) in [6.45, 7) is 0. The third-order valence-corrected chi connectivity index (χ3v) is 4.44. The molecule has 0 fully saturated rings. The van der Waals surface area contributed by atoms with E-state index in [-0.39, 0.29) is 5.75 Å². The Morgan fingerprint density at radius 3 is 2.60 bits per heavy atom. The van der Waals surface area contributed by atoms with Gasteiger partial charge in [-0.15, -0.1) is 4.33 Å². The SMILES string of the molecule is Nc1ccc(-c2nc3c(ccc4c(O)cc(SOOO)cc43)[nH]2)cc1. The van der Waals surface area contributed by atoms with Crippen molar-refractivity contribution in [3.05, 3.63) is 48.5 Å². The molecule has 126 valence electrons. The highest BCUT2D eigenvalue weighted by molar-refractivity contribution is 7.94. The highest BCUT2D eigenvalue weighted by atomic mass is 32.2. The Bertz CT molecular complexity index is 1060. The van der Waals surface area contributed by atoms with Crippen LogP contribution in [-0.2, 0) is 9.37 Å². The van der Waals surface area contributed by atoms with Crippen molar-refractivity contribution in [2.24, 2.45) is 0 Å². The maximum absolute atomic E-state index is 10.2. The van der Waals surface area contributed by atoms with Crippen molar-refractivity contribution < 1.29 is 19.7 Å². The number of imidazole rings is 1. The van der Waals surface area contributed by atoms with E-state index in [9.17, 15) is 5.11 Å². The molecule has 0 atom stereocenters. The molecule has 5 N–H and O–H groups in total. The lowest BCUT2D eigenvalue weighted by molar-refractivity contribution is -0.432. The van der Waals surface area contributed by atoms with E-state index in [2.05, 4.69) is 19.3 Å². The predicted octanol–water partition coefficient (Wildman–Crippen LogP) is 4.10. The zero-order chi connectivity index (χ0) is 17.4. The summed E-state index contributed by atoms with van der Waals surface area (Å²) < 4.78 is 4.44. The first-order valence-electron chi connectivity index (χ1n) is 7.32. The van der Waals surface area contributed by atoms with Gasteiger partial charge in [-0.25, -0.2) is 10.2 Å². The van der Waals surface area contributed by atoms with Crippen molar-refractivity contribution in [1.29, 1.82) is 0 Å². The van der Waals surface area contributed by atoms with Crippen molar-refractivity contribution in [3.63, 3.8) is 0 Å². The summed E-state index contributed by atoms with van der Waals surface area (Å²) in [4.78, 5) is 8.49. The molecule has 0 amide bonds. The van der Waals surface area contributed by atoms with Crippen molar-refractivity contribution in [3.8, 4) is 17.1 Å². The van der Waals surface area contributed by atoms with Crippen molar-refractivity contribution in [2.45, 2.75) is 4.90 Å². The highest BCUT2D eigenvalue weighted by Gasteiger charge is 2.12. The number of phenolic OH excluding ortho intramolecular Hbond substituents is 1. The van der Waals surface area contributed by atoms with Crippen LogP contribution in [0.1, 0.15) is 0 Å². The molecule has 0 bridgehead atoms. The minimum absolute atomic E-state index is 0.0838. The van der Waals surface area contributed by atoms with E-state index in [1.807, 2.05) is 36.4 Å². The molecule has 0 spiro atoms. The quantitative estimate of drug-likeness (QED) is 0.189. The molecule has 0 aliphatic carbocycles. The topological polar surface area (TPSA) is 114 Å². The lowest BCUT2D eigenvalue weighted by Crippen LogP contribution is -1.85. The summed E-state index contributed by atoms with van der Waals surface area (Å²) in [5.41, 5.74) is 8.87. The van der Waals surface area contributed by atoms with E-state index in [0.717, 1.165) is 28.5 Å². The molecule has 7 nitrogen and oxygen atoms in total. The van der Waals surface area contributed by atoms with Crippen LogP contribution >= 0.6 is 12.0 Å². The van der Waals surface area contributed by atoms with Crippen LogP contribution in [0.25, 0.3) is 33.2 Å². The lowest BCUT2D eigenvalue weighted by Gasteiger charge is -2.05. The number of hydrogen-bond acceptors (Lipinski definition) is 7. The number of nitrogens with zero attached hydrogens (tertiary/aromatic N) is 1. The number of nitrogens with one attached hydrogen (secondary N) is 1. The third kappa shape index (κ3) is 2.87. The van der Waals surface area contributed by atoms with E-state index in [1.165, 1.54) is 6.07 Å². The Hall–Kier alpha value is -2.78. The van der Waals surface area contributed by atoms with Crippen LogP contribution in [0.4, 0.5) is 5.69 Å². The van der Waals surface area contributed by atoms with E-state index in [0.29, 0.717) is 27.3 Å². The van der Waals surface area contributed by atoms with Crippen LogP contribution in [0.2, 0.25) is 0 Å². The molecule has 0 radical (unpaired) electrons. The molecule has 25 heavy (non-hydrogen) atoms. The van der Waals surface area contributed by atoms with Gasteiger partial charge in [-0.05, 0) is 48.5 Å². The normalized spacial score (nSPS) is 11.4. The highest BCUT2D eigenvalue weighted by Crippen LogP contribution is 2.36. The molecule has 1 heterocycles. The maximum atomic E-state index is 10.2. The number of hydrogen-bond donors (Lipinski definition) is 4. The number of rotatable bonds is 4. The second kappa shape index (κ2) is 6.26. The van der Waals surface area contributed by atoms with Gasteiger partial charge < -0.3 is 15.8 Å². The number of anilines is 1. The van der Waals surface area contributed by atoms with Crippen LogP contribution in [0.3, 0.4) is 0 Å². The molecular weight excluding hydrogens is 342 g/mol. The number of nitrogen functional groups attached to an aromatic ring is 1. The smallest absolute Gasteiger partial charge is 0.138 e. The van der Waals surface area contributed by atoms with Gasteiger partial charge in [0.25, 0.3) is 0 Å². The van der Waals surface area contributed by atoms with E-state index < -0.39 is 0 Å². The fourth-order valence-corrected chi connectivity index (χ4v) is 3.18. The Balaban J connectivity index is 1.89. The Labute approximate surface area is 146 Å². The number of phenols is 1. The van der Waals surface area contributed by atoms with E-state index >= 15 is 0 Å². The Kier molecular flexibility index (Phi) is 3.94. The van der Waals surface area contributed by atoms with Gasteiger partial charge >= 0.3 is 0 Å². The third-order valence-electron chi connectivity index (χ3n) is 3.88. The fourth-order valence-electron chi connectivity index (χ4n) is 2.74. The van der Waals surface area contributed by atoms with Crippen LogP contribution < -0.4 is 5.73 Å². The molecule has 3 aromatic carbocycles. The van der Waals surface area contributed by atoms with Gasteiger partial charge in [0.2, 0.25) is 0 Å². The summed E-state index contributed by atoms with van der Waals surface area (Å²) in [6, 6.07) is 14.4. The zero-order valence-corrected chi connectivity index (χ0v) is 13.6. The van der Waals surface area contributed by atoms with Crippen LogP contribution in [0, 0.1) is 0 Å². The number of fused-ring (bicyclic) bond motifs is 3. The van der Waals surface area contributed by atoms with Crippen molar-refractivity contribution >= 4 is 39.5 Å². The average Bonchev–Trinajstić information content (AvgIpc) is 3.05. The van der Waals surface area contributed by atoms with Crippen LogP contribution in [0.15, 0.2) is 53.4 Å². The number of aromatic nitrogens is 2. The average molecular weight is 355 g/mol. The largest absolute Gasteiger partial charge is 0.507 e. The molecule has 0 aliphatic heterocycles. The Morgan fingerprint density at radius 2 is 1.84 bits per heavy atom. The van der Waals surface area contributed by atoms with Gasteiger partial charge in [-0.2, -0.15) is 0 Å². The first-order chi connectivity index (χ1) is 12.2. The van der Waals surface area contributed by atoms with Crippen molar-refractivity contribution in [2.75, 3.05) is 5.73 Å². The first kappa shape index (κ1) is 15.7. The number of aromatic hydroxyl groups is 1. The monoisotopic (exact) mass is 355 g/mol. The molecule has 0 saturated heterocycles. The standard InChI is InChI=1S/C17H13N3O4S/c18-10-3-1-9(2-4-10)17-19-14-6-5-12-13(16(14)20-17)7-11(8-15(12)21)25-24-23-22/h1-8,21-22H,18H2,(H,19,20). The number of aromatic amines is 1. The number of H-pyrrole nitrogens is 1. The Morgan fingerprint density at radius 1 is 1.04 bits per heavy atom. The minimum atomic E-state index is 0.0838. The van der Waals surface area contributed by atoms with Crippen LogP contribution in [-0.4, -0.2) is 20.3 Å². The van der Waals surface area contributed by atoms with Gasteiger partial charge in [-0.1, -0.05) is 5.04 Å². The summed E-state index contributed by atoms with van der Waals surface area (Å²) >= 11 is 0.779. The summed E-state index contributed by atoms with van der Waals surface area (Å²) in [5.74, 6) is 0.787. The fraction of sp³-hybridized carbons (Fsp3) is 0. The molecule has 1 aromatic heterocycles. The van der Waals surface area contributed by atoms with Gasteiger partial charge in [0.15, 0.2) is 0 Å². The molecule has 0 aliphatic rings. The van der Waals surface area contributed by atoms with Crippen molar-refractivity contribution in [1.82, 2.24) is 9.97 Å². The van der Waals surface area contributed by atoms with E-state index in [4.69, 9.17) is 11.0 Å². The van der Waals surface area contributed by atoms with Crippen LogP contribution in [0.5, 0.6) is 5.75 Å². The maximum Gasteiger partial charge on any atom is 0.138 e. The molecule has 0 saturated carbocycles. The summed E-state index contributed by atoms with van der Waals surface area (Å²) in [5, 5.41) is 23.6.